The number of furan rings is 1. The molecule has 0 radical (unpaired) electrons. The molecule has 1 aromatic heterocycles. The van der Waals surface area contributed by atoms with Gasteiger partial charge in [0, 0.05) is 17.1 Å². The van der Waals surface area contributed by atoms with E-state index in [9.17, 15) is 8.42 Å². The van der Waals surface area contributed by atoms with Gasteiger partial charge in [-0.05, 0) is 26.3 Å². The van der Waals surface area contributed by atoms with Crippen molar-refractivity contribution in [2.24, 2.45) is 0 Å². The fraction of sp³-hybridized carbons (Fsp3) is 0.636. The molecule has 4 nitrogen and oxygen atoms in total. The molecular weight excluding hydrogens is 226 g/mol. The van der Waals surface area contributed by atoms with Crippen LogP contribution in [0.2, 0.25) is 0 Å². The van der Waals surface area contributed by atoms with Gasteiger partial charge in [0.05, 0.1) is 24.0 Å². The van der Waals surface area contributed by atoms with E-state index in [-0.39, 0.29) is 23.1 Å². The number of hydrogen-bond donors (Lipinski definition) is 1. The summed E-state index contributed by atoms with van der Waals surface area (Å²) in [5, 5.41) is 3.37. The van der Waals surface area contributed by atoms with Gasteiger partial charge >= 0.3 is 0 Å². The first-order valence-electron chi connectivity index (χ1n) is 5.40. The lowest BCUT2D eigenvalue weighted by Gasteiger charge is -2.28. The number of sulfone groups is 1. The van der Waals surface area contributed by atoms with E-state index in [1.807, 2.05) is 19.9 Å². The highest BCUT2D eigenvalue weighted by Crippen LogP contribution is 2.26. The van der Waals surface area contributed by atoms with Gasteiger partial charge in [0.2, 0.25) is 0 Å². The average Bonchev–Trinajstić information content (AvgIpc) is 2.73. The first-order valence-corrected chi connectivity index (χ1v) is 7.23. The maximum Gasteiger partial charge on any atom is 0.152 e. The molecule has 1 aromatic rings. The number of hydrogen-bond acceptors (Lipinski definition) is 4. The quantitative estimate of drug-likeness (QED) is 0.874. The Balaban J connectivity index is 2.05. The van der Waals surface area contributed by atoms with Crippen LogP contribution in [0.4, 0.5) is 0 Å². The van der Waals surface area contributed by atoms with Crippen molar-refractivity contribution >= 4 is 9.84 Å². The van der Waals surface area contributed by atoms with Crippen LogP contribution in [0.1, 0.15) is 31.9 Å². The predicted octanol–water partition coefficient (Wildman–Crippen LogP) is 1.51. The maximum absolute atomic E-state index is 11.5. The second-order valence-electron chi connectivity index (χ2n) is 4.83. The fourth-order valence-corrected chi connectivity index (χ4v) is 4.36. The molecule has 1 aliphatic rings. The standard InChI is InChI=1S/C11H17NO3S/c1-9(10-3-5-15-7-10)12-11(2)4-6-16(13,14)8-11/h3,5,7,9,12H,4,6,8H2,1-2H3. The minimum Gasteiger partial charge on any atom is -0.472 e. The van der Waals surface area contributed by atoms with Crippen LogP contribution < -0.4 is 5.32 Å². The highest BCUT2D eigenvalue weighted by atomic mass is 32.2. The van der Waals surface area contributed by atoms with Gasteiger partial charge in [0.15, 0.2) is 9.84 Å². The smallest absolute Gasteiger partial charge is 0.152 e. The second-order valence-corrected chi connectivity index (χ2v) is 7.01. The molecule has 2 heterocycles. The minimum atomic E-state index is -2.85. The van der Waals surface area contributed by atoms with Crippen LogP contribution in [0, 0.1) is 0 Å². The van der Waals surface area contributed by atoms with Crippen molar-refractivity contribution in [1.29, 1.82) is 0 Å². The van der Waals surface area contributed by atoms with E-state index in [2.05, 4.69) is 5.32 Å². The zero-order valence-electron chi connectivity index (χ0n) is 9.56. The first kappa shape index (κ1) is 11.7. The fourth-order valence-electron chi connectivity index (χ4n) is 2.25. The molecular formula is C11H17NO3S. The van der Waals surface area contributed by atoms with E-state index in [1.54, 1.807) is 12.5 Å². The van der Waals surface area contributed by atoms with E-state index >= 15 is 0 Å². The van der Waals surface area contributed by atoms with Crippen LogP contribution in [-0.4, -0.2) is 25.5 Å². The first-order chi connectivity index (χ1) is 7.40. The van der Waals surface area contributed by atoms with E-state index in [1.165, 1.54) is 0 Å². The molecule has 1 fully saturated rings. The predicted molar refractivity (Wildman–Crippen MR) is 61.9 cm³/mol. The molecule has 2 rings (SSSR count). The Morgan fingerprint density at radius 2 is 2.31 bits per heavy atom. The van der Waals surface area contributed by atoms with Crippen LogP contribution in [0.25, 0.3) is 0 Å². The molecule has 2 unspecified atom stereocenters. The molecule has 0 spiro atoms. The summed E-state index contributed by atoms with van der Waals surface area (Å²) in [5.74, 6) is 0.511. The monoisotopic (exact) mass is 243 g/mol. The van der Waals surface area contributed by atoms with E-state index < -0.39 is 9.84 Å². The van der Waals surface area contributed by atoms with Crippen molar-refractivity contribution in [3.8, 4) is 0 Å². The average molecular weight is 243 g/mol. The Bertz CT molecular complexity index is 452. The normalized spacial score (nSPS) is 30.4. The summed E-state index contributed by atoms with van der Waals surface area (Å²) in [7, 11) is -2.85. The Labute approximate surface area is 95.9 Å². The summed E-state index contributed by atoms with van der Waals surface area (Å²) in [4.78, 5) is 0. The molecule has 0 aliphatic carbocycles. The van der Waals surface area contributed by atoms with Gasteiger partial charge < -0.3 is 9.73 Å². The summed E-state index contributed by atoms with van der Waals surface area (Å²) in [6, 6.07) is 2.00. The van der Waals surface area contributed by atoms with Gasteiger partial charge in [-0.25, -0.2) is 8.42 Å². The van der Waals surface area contributed by atoms with Gasteiger partial charge in [-0.2, -0.15) is 0 Å². The lowest BCUT2D eigenvalue weighted by atomic mass is 9.99. The molecule has 16 heavy (non-hydrogen) atoms. The molecule has 0 amide bonds. The van der Waals surface area contributed by atoms with E-state index in [4.69, 9.17) is 4.42 Å². The molecule has 0 aromatic carbocycles. The molecule has 1 N–H and O–H groups in total. The van der Waals surface area contributed by atoms with Crippen molar-refractivity contribution in [2.45, 2.75) is 31.8 Å². The van der Waals surface area contributed by atoms with Crippen molar-refractivity contribution in [2.75, 3.05) is 11.5 Å². The summed E-state index contributed by atoms with van der Waals surface area (Å²) in [6.07, 6.45) is 3.99. The van der Waals surface area contributed by atoms with Crippen molar-refractivity contribution in [3.05, 3.63) is 24.2 Å². The van der Waals surface area contributed by atoms with Crippen molar-refractivity contribution in [3.63, 3.8) is 0 Å². The lowest BCUT2D eigenvalue weighted by Crippen LogP contribution is -2.44. The Morgan fingerprint density at radius 1 is 1.56 bits per heavy atom. The molecule has 2 atom stereocenters. The van der Waals surface area contributed by atoms with Crippen molar-refractivity contribution in [1.82, 2.24) is 5.32 Å². The maximum atomic E-state index is 11.5. The SMILES string of the molecule is CC(NC1(C)CCS(=O)(=O)C1)c1ccoc1. The minimum absolute atomic E-state index is 0.108. The zero-order chi connectivity index (χ0) is 11.8. The largest absolute Gasteiger partial charge is 0.472 e. The third-order valence-corrected chi connectivity index (χ3v) is 5.01. The van der Waals surface area contributed by atoms with Crippen LogP contribution in [0.3, 0.4) is 0 Å². The topological polar surface area (TPSA) is 59.3 Å². The molecule has 0 bridgehead atoms. The lowest BCUT2D eigenvalue weighted by molar-refractivity contribution is 0.354. The van der Waals surface area contributed by atoms with Gasteiger partial charge in [0.1, 0.15) is 0 Å². The van der Waals surface area contributed by atoms with Gasteiger partial charge in [-0.3, -0.25) is 0 Å². The highest BCUT2D eigenvalue weighted by Gasteiger charge is 2.39. The van der Waals surface area contributed by atoms with Gasteiger partial charge in [-0.1, -0.05) is 0 Å². The molecule has 1 saturated heterocycles. The summed E-state index contributed by atoms with van der Waals surface area (Å²) >= 11 is 0. The highest BCUT2D eigenvalue weighted by molar-refractivity contribution is 7.91. The molecule has 0 saturated carbocycles. The van der Waals surface area contributed by atoms with Crippen LogP contribution in [0.5, 0.6) is 0 Å². The van der Waals surface area contributed by atoms with Crippen LogP contribution >= 0.6 is 0 Å². The Hall–Kier alpha value is -0.810. The molecule has 1 aliphatic heterocycles. The second kappa shape index (κ2) is 3.89. The number of nitrogens with one attached hydrogen (secondary N) is 1. The van der Waals surface area contributed by atoms with E-state index in [0.29, 0.717) is 6.42 Å². The molecule has 5 heteroatoms. The zero-order valence-corrected chi connectivity index (χ0v) is 10.4. The van der Waals surface area contributed by atoms with Crippen LogP contribution in [-0.2, 0) is 9.84 Å². The summed E-state index contributed by atoms with van der Waals surface area (Å²) in [5.41, 5.74) is 0.737. The van der Waals surface area contributed by atoms with Crippen molar-refractivity contribution < 1.29 is 12.8 Å². The summed E-state index contributed by atoms with van der Waals surface area (Å²) < 4.78 is 27.9. The van der Waals surface area contributed by atoms with Crippen LogP contribution in [0.15, 0.2) is 23.0 Å². The van der Waals surface area contributed by atoms with Gasteiger partial charge in [-0.15, -0.1) is 0 Å². The molecule has 90 valence electrons. The Morgan fingerprint density at radius 3 is 2.81 bits per heavy atom. The van der Waals surface area contributed by atoms with Gasteiger partial charge in [0.25, 0.3) is 0 Å². The Kier molecular flexibility index (Phi) is 2.84. The summed E-state index contributed by atoms with van der Waals surface area (Å²) in [6.45, 7) is 3.98. The van der Waals surface area contributed by atoms with E-state index in [0.717, 1.165) is 5.56 Å². The third kappa shape index (κ3) is 2.47. The number of rotatable bonds is 3. The third-order valence-electron chi connectivity index (χ3n) is 3.11.